The molecule has 0 aliphatic carbocycles. The van der Waals surface area contributed by atoms with Crippen LogP contribution in [0, 0.1) is 12.3 Å². The summed E-state index contributed by atoms with van der Waals surface area (Å²) in [6, 6.07) is 0. The summed E-state index contributed by atoms with van der Waals surface area (Å²) in [4.78, 5) is 12.4. The normalized spacial score (nSPS) is 24.2. The van der Waals surface area contributed by atoms with E-state index in [0.29, 0.717) is 13.1 Å². The summed E-state index contributed by atoms with van der Waals surface area (Å²) in [6.07, 6.45) is 4.42. The van der Waals surface area contributed by atoms with Crippen LogP contribution in [0.15, 0.2) is 0 Å². The van der Waals surface area contributed by atoms with E-state index in [0.717, 1.165) is 0 Å². The van der Waals surface area contributed by atoms with E-state index in [9.17, 15) is 4.79 Å². The minimum atomic E-state index is -0.340. The number of hydrogen-bond donors (Lipinski definition) is 0. The highest BCUT2D eigenvalue weighted by Gasteiger charge is 2.27. The number of terminal acetylenes is 1. The largest absolute Gasteiger partial charge is 0.431 e. The Labute approximate surface area is 60.0 Å². The van der Waals surface area contributed by atoms with Gasteiger partial charge in [0, 0.05) is 6.54 Å². The summed E-state index contributed by atoms with van der Waals surface area (Å²) in [5, 5.41) is 0. The molecule has 1 amide bonds. The van der Waals surface area contributed by atoms with Crippen molar-refractivity contribution in [2.24, 2.45) is 0 Å². The first kappa shape index (κ1) is 6.94. The lowest BCUT2D eigenvalue weighted by molar-refractivity contribution is 0.148. The lowest BCUT2D eigenvalue weighted by Crippen LogP contribution is -2.24. The monoisotopic (exact) mass is 139 g/mol. The van der Waals surface area contributed by atoms with Crippen molar-refractivity contribution in [3.8, 4) is 12.3 Å². The van der Waals surface area contributed by atoms with Gasteiger partial charge in [0.05, 0.1) is 6.54 Å². The first-order valence-electron chi connectivity index (χ1n) is 3.19. The highest BCUT2D eigenvalue weighted by Crippen LogP contribution is 2.08. The highest BCUT2D eigenvalue weighted by molar-refractivity contribution is 5.70. The third kappa shape index (κ3) is 1.06. The molecule has 0 spiro atoms. The van der Waals surface area contributed by atoms with Crippen molar-refractivity contribution >= 4 is 6.09 Å². The number of carbonyl (C=O) groups excluding carboxylic acids is 1. The van der Waals surface area contributed by atoms with Crippen LogP contribution in [-0.2, 0) is 4.74 Å². The Hall–Kier alpha value is -1.17. The van der Waals surface area contributed by atoms with E-state index in [2.05, 4.69) is 5.92 Å². The van der Waals surface area contributed by atoms with E-state index in [-0.39, 0.29) is 12.2 Å². The Balaban J connectivity index is 2.54. The van der Waals surface area contributed by atoms with E-state index in [1.54, 1.807) is 4.90 Å². The molecule has 3 heteroatoms. The number of ether oxygens (including phenoxy) is 1. The molecule has 1 fully saturated rings. The molecule has 0 aromatic carbocycles. The third-order valence-electron chi connectivity index (χ3n) is 1.46. The summed E-state index contributed by atoms with van der Waals surface area (Å²) >= 11 is 0. The standard InChI is InChI=1S/C7H9NO2/c1-3-6-5-8(4-2)7(9)10-6/h1,6H,4-5H2,2H3/t6-/m0/s1. The Morgan fingerprint density at radius 2 is 2.70 bits per heavy atom. The Morgan fingerprint density at radius 1 is 2.00 bits per heavy atom. The molecule has 3 nitrogen and oxygen atoms in total. The smallest absolute Gasteiger partial charge is 0.411 e. The predicted octanol–water partition coefficient (Wildman–Crippen LogP) is 0.460. The van der Waals surface area contributed by atoms with Crippen LogP contribution in [0.3, 0.4) is 0 Å². The van der Waals surface area contributed by atoms with Crippen molar-refractivity contribution in [2.75, 3.05) is 13.1 Å². The molecule has 1 aliphatic heterocycles. The fourth-order valence-electron chi connectivity index (χ4n) is 0.853. The van der Waals surface area contributed by atoms with Gasteiger partial charge in [0.25, 0.3) is 0 Å². The van der Waals surface area contributed by atoms with E-state index in [1.165, 1.54) is 0 Å². The zero-order valence-corrected chi connectivity index (χ0v) is 5.83. The van der Waals surface area contributed by atoms with Gasteiger partial charge in [-0.1, -0.05) is 5.92 Å². The fourth-order valence-corrected chi connectivity index (χ4v) is 0.853. The molecule has 0 aromatic heterocycles. The maximum absolute atomic E-state index is 10.8. The van der Waals surface area contributed by atoms with E-state index >= 15 is 0 Å². The number of nitrogens with zero attached hydrogens (tertiary/aromatic N) is 1. The summed E-state index contributed by atoms with van der Waals surface area (Å²) in [6.45, 7) is 3.09. The van der Waals surface area contributed by atoms with Gasteiger partial charge < -0.3 is 9.64 Å². The Kier molecular flexibility index (Phi) is 1.81. The van der Waals surface area contributed by atoms with Crippen LogP contribution in [0.25, 0.3) is 0 Å². The number of rotatable bonds is 1. The maximum atomic E-state index is 10.8. The van der Waals surface area contributed by atoms with Gasteiger partial charge in [0.2, 0.25) is 0 Å². The lowest BCUT2D eigenvalue weighted by Gasteiger charge is -2.06. The molecule has 1 saturated heterocycles. The van der Waals surface area contributed by atoms with Crippen LogP contribution in [-0.4, -0.2) is 30.2 Å². The van der Waals surface area contributed by atoms with E-state index in [1.807, 2.05) is 6.92 Å². The molecule has 1 atom stereocenters. The van der Waals surface area contributed by atoms with Crippen molar-refractivity contribution in [2.45, 2.75) is 13.0 Å². The van der Waals surface area contributed by atoms with Crippen LogP contribution in [0.2, 0.25) is 0 Å². The maximum Gasteiger partial charge on any atom is 0.411 e. The molecular formula is C7H9NO2. The van der Waals surface area contributed by atoms with Gasteiger partial charge in [-0.05, 0) is 6.92 Å². The van der Waals surface area contributed by atoms with Gasteiger partial charge in [-0.3, -0.25) is 0 Å². The fraction of sp³-hybridized carbons (Fsp3) is 0.571. The zero-order chi connectivity index (χ0) is 7.56. The van der Waals surface area contributed by atoms with E-state index in [4.69, 9.17) is 11.2 Å². The van der Waals surface area contributed by atoms with Gasteiger partial charge >= 0.3 is 6.09 Å². The average molecular weight is 139 g/mol. The molecule has 0 bridgehead atoms. The number of cyclic esters (lactones) is 1. The quantitative estimate of drug-likeness (QED) is 0.494. The Morgan fingerprint density at radius 3 is 3.00 bits per heavy atom. The molecule has 1 aliphatic rings. The van der Waals surface area contributed by atoms with Gasteiger partial charge in [-0.2, -0.15) is 0 Å². The van der Waals surface area contributed by atoms with Crippen molar-refractivity contribution in [1.29, 1.82) is 0 Å². The molecule has 1 rings (SSSR count). The minimum absolute atomic E-state index is 0.301. The number of likely N-dealkylation sites (N-methyl/N-ethyl adjacent to an activating group) is 1. The zero-order valence-electron chi connectivity index (χ0n) is 5.83. The molecule has 0 N–H and O–H groups in total. The van der Waals surface area contributed by atoms with Crippen molar-refractivity contribution in [3.63, 3.8) is 0 Å². The summed E-state index contributed by atoms with van der Waals surface area (Å²) < 4.78 is 4.76. The molecule has 0 radical (unpaired) electrons. The minimum Gasteiger partial charge on any atom is -0.431 e. The van der Waals surface area contributed by atoms with E-state index < -0.39 is 0 Å². The SMILES string of the molecule is C#C[C@H]1CN(CC)C(=O)O1. The molecular weight excluding hydrogens is 130 g/mol. The van der Waals surface area contributed by atoms with Crippen LogP contribution in [0.5, 0.6) is 0 Å². The summed E-state index contributed by atoms with van der Waals surface area (Å²) in [5.74, 6) is 2.37. The highest BCUT2D eigenvalue weighted by atomic mass is 16.6. The van der Waals surface area contributed by atoms with Gasteiger partial charge in [0.1, 0.15) is 0 Å². The molecule has 0 aromatic rings. The van der Waals surface area contributed by atoms with Crippen molar-refractivity contribution in [3.05, 3.63) is 0 Å². The lowest BCUT2D eigenvalue weighted by atomic mass is 10.4. The van der Waals surface area contributed by atoms with Crippen molar-refractivity contribution in [1.82, 2.24) is 4.90 Å². The van der Waals surface area contributed by atoms with Gasteiger partial charge in [-0.15, -0.1) is 6.42 Å². The first-order chi connectivity index (χ1) is 4.77. The van der Waals surface area contributed by atoms with Crippen molar-refractivity contribution < 1.29 is 9.53 Å². The first-order valence-corrected chi connectivity index (χ1v) is 3.19. The molecule has 0 unspecified atom stereocenters. The summed E-state index contributed by atoms with van der Waals surface area (Å²) in [7, 11) is 0. The predicted molar refractivity (Wildman–Crippen MR) is 36.3 cm³/mol. The average Bonchev–Trinajstić information content (AvgIpc) is 2.30. The Bertz CT molecular complexity index is 183. The number of amides is 1. The number of hydrogen-bond acceptors (Lipinski definition) is 2. The third-order valence-corrected chi connectivity index (χ3v) is 1.46. The van der Waals surface area contributed by atoms with Crippen LogP contribution in [0.1, 0.15) is 6.92 Å². The second kappa shape index (κ2) is 2.61. The van der Waals surface area contributed by atoms with Gasteiger partial charge in [-0.25, -0.2) is 4.79 Å². The molecule has 1 heterocycles. The van der Waals surface area contributed by atoms with Crippen LogP contribution in [0.4, 0.5) is 4.79 Å². The van der Waals surface area contributed by atoms with Gasteiger partial charge in [0.15, 0.2) is 6.10 Å². The van der Waals surface area contributed by atoms with Crippen LogP contribution < -0.4 is 0 Å². The molecule has 54 valence electrons. The molecule has 0 saturated carbocycles. The molecule has 10 heavy (non-hydrogen) atoms. The topological polar surface area (TPSA) is 29.5 Å². The number of carbonyl (C=O) groups is 1. The summed E-state index contributed by atoms with van der Waals surface area (Å²) in [5.41, 5.74) is 0. The van der Waals surface area contributed by atoms with Crippen LogP contribution >= 0.6 is 0 Å². The second-order valence-electron chi connectivity index (χ2n) is 2.08. The second-order valence-corrected chi connectivity index (χ2v) is 2.08.